The highest BCUT2D eigenvalue weighted by Crippen LogP contribution is 2.34. The summed E-state index contributed by atoms with van der Waals surface area (Å²) in [6, 6.07) is 3.17. The maximum absolute atomic E-state index is 13.8. The van der Waals surface area contributed by atoms with E-state index in [1.54, 1.807) is 16.8 Å². The minimum Gasteiger partial charge on any atom is -0.477 e. The predicted molar refractivity (Wildman–Crippen MR) is 134 cm³/mol. The van der Waals surface area contributed by atoms with Crippen LogP contribution in [0.4, 0.5) is 0 Å². The first kappa shape index (κ1) is 26.8. The van der Waals surface area contributed by atoms with E-state index in [1.807, 2.05) is 34.6 Å². The topological polar surface area (TPSA) is 78.3 Å². The summed E-state index contributed by atoms with van der Waals surface area (Å²) in [6.45, 7) is 14.8. The number of rotatable bonds is 11. The van der Waals surface area contributed by atoms with E-state index in [1.165, 1.54) is 6.26 Å². The summed E-state index contributed by atoms with van der Waals surface area (Å²) in [5.74, 6) is 0.313. The molecule has 0 saturated carbocycles. The SMILES string of the molecule is CCCCOc1c(C(=O)c2ccc(S(C)(=O)=O)c(C(C)=C(C)C)c2C)c(C)nn1CCCC. The van der Waals surface area contributed by atoms with Crippen molar-refractivity contribution < 1.29 is 17.9 Å². The molecule has 0 N–H and O–H groups in total. The Labute approximate surface area is 199 Å². The Bertz CT molecular complexity index is 1150. The Kier molecular flexibility index (Phi) is 9.06. The number of hydrogen-bond donors (Lipinski definition) is 0. The largest absolute Gasteiger partial charge is 0.477 e. The fourth-order valence-corrected chi connectivity index (χ4v) is 4.83. The standard InChI is InChI=1S/C26H38N2O4S/c1-9-11-15-28-26(32-16-12-10-2)24(20(7)27-28)25(29)21-13-14-22(33(8,30)31)23(19(21)6)18(5)17(3)4/h13-14H,9-12,15-16H2,1-8H3. The molecule has 0 atom stereocenters. The number of aromatic nitrogens is 2. The number of ether oxygens (including phenoxy) is 1. The molecule has 1 aromatic heterocycles. The summed E-state index contributed by atoms with van der Waals surface area (Å²) in [5, 5.41) is 4.61. The van der Waals surface area contributed by atoms with Crippen molar-refractivity contribution >= 4 is 21.2 Å². The van der Waals surface area contributed by atoms with Gasteiger partial charge in [-0.05, 0) is 76.3 Å². The molecule has 6 nitrogen and oxygen atoms in total. The highest BCUT2D eigenvalue weighted by Gasteiger charge is 2.28. The lowest BCUT2D eigenvalue weighted by molar-refractivity contribution is 0.103. The average Bonchev–Trinajstić information content (AvgIpc) is 3.05. The van der Waals surface area contributed by atoms with Gasteiger partial charge in [-0.1, -0.05) is 32.3 Å². The Morgan fingerprint density at radius 1 is 1.03 bits per heavy atom. The molecule has 0 aliphatic rings. The van der Waals surface area contributed by atoms with Crippen LogP contribution in [0.15, 0.2) is 22.6 Å². The van der Waals surface area contributed by atoms with Crippen LogP contribution >= 0.6 is 0 Å². The molecular weight excluding hydrogens is 436 g/mol. The molecule has 7 heteroatoms. The van der Waals surface area contributed by atoms with E-state index in [2.05, 4.69) is 18.9 Å². The van der Waals surface area contributed by atoms with Crippen LogP contribution in [0.1, 0.15) is 93.0 Å². The predicted octanol–water partition coefficient (Wildman–Crippen LogP) is 5.93. The second-order valence-corrected chi connectivity index (χ2v) is 10.9. The lowest BCUT2D eigenvalue weighted by Gasteiger charge is -2.17. The van der Waals surface area contributed by atoms with Crippen molar-refractivity contribution in [2.45, 2.75) is 85.6 Å². The lowest BCUT2D eigenvalue weighted by atomic mass is 9.91. The fraction of sp³-hybridized carbons (Fsp3) is 0.538. The van der Waals surface area contributed by atoms with Gasteiger partial charge < -0.3 is 4.74 Å². The number of benzene rings is 1. The molecular formula is C26H38N2O4S. The molecule has 0 aliphatic carbocycles. The van der Waals surface area contributed by atoms with Gasteiger partial charge in [0.1, 0.15) is 5.56 Å². The van der Waals surface area contributed by atoms with Gasteiger partial charge >= 0.3 is 0 Å². The van der Waals surface area contributed by atoms with E-state index in [4.69, 9.17) is 4.74 Å². The Balaban J connectivity index is 2.72. The first-order chi connectivity index (χ1) is 15.4. The third-order valence-corrected chi connectivity index (χ3v) is 7.10. The summed E-state index contributed by atoms with van der Waals surface area (Å²) >= 11 is 0. The molecule has 0 spiro atoms. The second kappa shape index (κ2) is 11.1. The number of carbonyl (C=O) groups is 1. The molecule has 0 amide bonds. The van der Waals surface area contributed by atoms with Crippen LogP contribution in [-0.4, -0.2) is 36.8 Å². The highest BCUT2D eigenvalue weighted by atomic mass is 32.2. The van der Waals surface area contributed by atoms with E-state index in [0.29, 0.717) is 47.0 Å². The number of unbranched alkanes of at least 4 members (excludes halogenated alkanes) is 2. The zero-order chi connectivity index (χ0) is 24.9. The molecule has 0 unspecified atom stereocenters. The van der Waals surface area contributed by atoms with Crippen LogP contribution in [-0.2, 0) is 16.4 Å². The lowest BCUT2D eigenvalue weighted by Crippen LogP contribution is -2.13. The van der Waals surface area contributed by atoms with Crippen LogP contribution in [0.25, 0.3) is 5.57 Å². The number of carbonyl (C=O) groups excluding carboxylic acids is 1. The van der Waals surface area contributed by atoms with Gasteiger partial charge in [-0.15, -0.1) is 0 Å². The molecule has 182 valence electrons. The van der Waals surface area contributed by atoms with Crippen molar-refractivity contribution in [1.82, 2.24) is 9.78 Å². The second-order valence-electron chi connectivity index (χ2n) is 8.88. The van der Waals surface area contributed by atoms with Crippen LogP contribution in [0.5, 0.6) is 5.88 Å². The van der Waals surface area contributed by atoms with Gasteiger partial charge in [-0.25, -0.2) is 13.1 Å². The van der Waals surface area contributed by atoms with Crippen molar-refractivity contribution in [3.8, 4) is 5.88 Å². The first-order valence-corrected chi connectivity index (χ1v) is 13.6. The highest BCUT2D eigenvalue weighted by molar-refractivity contribution is 7.90. The van der Waals surface area contributed by atoms with E-state index >= 15 is 0 Å². The average molecular weight is 475 g/mol. The number of allylic oxidation sites excluding steroid dienone is 2. The fourth-order valence-electron chi connectivity index (χ4n) is 3.83. The van der Waals surface area contributed by atoms with Crippen LogP contribution < -0.4 is 4.74 Å². The summed E-state index contributed by atoms with van der Waals surface area (Å²) in [5.41, 5.74) is 4.66. The van der Waals surface area contributed by atoms with E-state index < -0.39 is 9.84 Å². The van der Waals surface area contributed by atoms with Crippen LogP contribution in [0.2, 0.25) is 0 Å². The molecule has 0 bridgehead atoms. The molecule has 33 heavy (non-hydrogen) atoms. The molecule has 2 aromatic rings. The van der Waals surface area contributed by atoms with E-state index in [0.717, 1.165) is 36.8 Å². The normalized spacial score (nSPS) is 11.5. The quantitative estimate of drug-likeness (QED) is 0.298. The number of nitrogens with zero attached hydrogens (tertiary/aromatic N) is 2. The van der Waals surface area contributed by atoms with Crippen molar-refractivity contribution in [2.24, 2.45) is 0 Å². The van der Waals surface area contributed by atoms with Crippen molar-refractivity contribution in [1.29, 1.82) is 0 Å². The molecule has 2 rings (SSSR count). The summed E-state index contributed by atoms with van der Waals surface area (Å²) in [4.78, 5) is 14.1. The summed E-state index contributed by atoms with van der Waals surface area (Å²) in [7, 11) is -3.47. The smallest absolute Gasteiger partial charge is 0.223 e. The number of aryl methyl sites for hydroxylation is 2. The van der Waals surface area contributed by atoms with Crippen molar-refractivity contribution in [3.05, 3.63) is 45.7 Å². The monoisotopic (exact) mass is 474 g/mol. The Morgan fingerprint density at radius 2 is 1.67 bits per heavy atom. The minimum absolute atomic E-state index is 0.192. The third kappa shape index (κ3) is 5.94. The van der Waals surface area contributed by atoms with Crippen LogP contribution in [0, 0.1) is 13.8 Å². The Hall–Kier alpha value is -2.41. The van der Waals surface area contributed by atoms with Gasteiger partial charge in [0.15, 0.2) is 9.84 Å². The summed E-state index contributed by atoms with van der Waals surface area (Å²) in [6.07, 6.45) is 5.02. The number of hydrogen-bond acceptors (Lipinski definition) is 5. The zero-order valence-electron chi connectivity index (χ0n) is 21.3. The number of sulfone groups is 1. The molecule has 0 saturated heterocycles. The first-order valence-electron chi connectivity index (χ1n) is 11.7. The van der Waals surface area contributed by atoms with E-state index in [-0.39, 0.29) is 10.7 Å². The van der Waals surface area contributed by atoms with Crippen molar-refractivity contribution in [3.63, 3.8) is 0 Å². The number of ketones is 1. The van der Waals surface area contributed by atoms with Gasteiger partial charge in [-0.2, -0.15) is 5.10 Å². The zero-order valence-corrected chi connectivity index (χ0v) is 22.1. The van der Waals surface area contributed by atoms with E-state index in [9.17, 15) is 13.2 Å². The molecule has 0 aliphatic heterocycles. The van der Waals surface area contributed by atoms with Crippen LogP contribution in [0.3, 0.4) is 0 Å². The molecule has 1 aromatic carbocycles. The Morgan fingerprint density at radius 3 is 2.21 bits per heavy atom. The van der Waals surface area contributed by atoms with Gasteiger partial charge in [0.2, 0.25) is 11.7 Å². The third-order valence-electron chi connectivity index (χ3n) is 5.96. The molecule has 1 heterocycles. The molecule has 0 radical (unpaired) electrons. The van der Waals surface area contributed by atoms with Crippen molar-refractivity contribution in [2.75, 3.05) is 12.9 Å². The maximum Gasteiger partial charge on any atom is 0.223 e. The minimum atomic E-state index is -3.47. The molecule has 0 fully saturated rings. The van der Waals surface area contributed by atoms with Gasteiger partial charge in [0.05, 0.1) is 17.2 Å². The van der Waals surface area contributed by atoms with Gasteiger partial charge in [0.25, 0.3) is 0 Å². The maximum atomic E-state index is 13.8. The van der Waals surface area contributed by atoms with Gasteiger partial charge in [-0.3, -0.25) is 4.79 Å². The summed E-state index contributed by atoms with van der Waals surface area (Å²) < 4.78 is 32.9. The van der Waals surface area contributed by atoms with Gasteiger partial charge in [0, 0.05) is 18.4 Å².